The summed E-state index contributed by atoms with van der Waals surface area (Å²) in [4.78, 5) is 15.2. The summed E-state index contributed by atoms with van der Waals surface area (Å²) in [5, 5.41) is 15.1. The smallest absolute Gasteiger partial charge is 0.270 e. The van der Waals surface area contributed by atoms with Crippen molar-refractivity contribution in [3.63, 3.8) is 0 Å². The first kappa shape index (κ1) is 18.6. The number of hydrazone groups is 1. The minimum absolute atomic E-state index is 0.0125. The van der Waals surface area contributed by atoms with Gasteiger partial charge in [-0.05, 0) is 30.4 Å². The van der Waals surface area contributed by atoms with Crippen molar-refractivity contribution in [2.45, 2.75) is 0 Å². The van der Waals surface area contributed by atoms with Crippen LogP contribution in [0.15, 0.2) is 53.6 Å². The Hall–Kier alpha value is -3.20. The second kappa shape index (κ2) is 8.45. The van der Waals surface area contributed by atoms with Gasteiger partial charge in [0.15, 0.2) is 5.11 Å². The topological polar surface area (TPSA) is 100 Å². The van der Waals surface area contributed by atoms with Crippen molar-refractivity contribution in [3.05, 3.63) is 64.2 Å². The number of anilines is 2. The average molecular weight is 384 g/mol. The molecule has 0 aromatic heterocycles. The summed E-state index contributed by atoms with van der Waals surface area (Å²) < 4.78 is 0. The highest BCUT2D eigenvalue weighted by Gasteiger charge is 2.20. The van der Waals surface area contributed by atoms with Gasteiger partial charge in [0.25, 0.3) is 5.69 Å². The number of nitrogens with one attached hydrogen (secondary N) is 1. The number of benzene rings is 2. The van der Waals surface area contributed by atoms with Crippen molar-refractivity contribution < 1.29 is 4.92 Å². The Bertz CT molecular complexity index is 850. The van der Waals surface area contributed by atoms with Gasteiger partial charge in [0, 0.05) is 55.2 Å². The molecule has 0 bridgehead atoms. The van der Waals surface area contributed by atoms with E-state index >= 15 is 0 Å². The molecule has 0 unspecified atom stereocenters. The van der Waals surface area contributed by atoms with E-state index in [4.69, 9.17) is 18.0 Å². The highest BCUT2D eigenvalue weighted by molar-refractivity contribution is 7.80. The van der Waals surface area contributed by atoms with Crippen LogP contribution >= 0.6 is 12.2 Å². The van der Waals surface area contributed by atoms with Gasteiger partial charge in [0.1, 0.15) is 0 Å². The minimum Gasteiger partial charge on any atom is -0.375 e. The SMILES string of the molecule is NC(=S)NN=Cc1cc([N+](=O)[O-])ccc1N1CCN(c2ccccc2)CC1. The van der Waals surface area contributed by atoms with Gasteiger partial charge in [0.05, 0.1) is 11.1 Å². The highest BCUT2D eigenvalue weighted by atomic mass is 32.1. The molecule has 27 heavy (non-hydrogen) atoms. The number of rotatable bonds is 5. The van der Waals surface area contributed by atoms with Crippen molar-refractivity contribution in [1.29, 1.82) is 0 Å². The number of para-hydroxylation sites is 1. The van der Waals surface area contributed by atoms with E-state index in [0.29, 0.717) is 5.56 Å². The molecule has 2 aromatic carbocycles. The van der Waals surface area contributed by atoms with Crippen LogP contribution in [0, 0.1) is 10.1 Å². The van der Waals surface area contributed by atoms with Gasteiger partial charge in [-0.1, -0.05) is 18.2 Å². The fourth-order valence-electron chi connectivity index (χ4n) is 3.06. The maximum absolute atomic E-state index is 11.1. The Labute approximate surface area is 162 Å². The van der Waals surface area contributed by atoms with E-state index in [0.717, 1.165) is 31.9 Å². The van der Waals surface area contributed by atoms with Crippen molar-refractivity contribution >= 4 is 40.6 Å². The largest absolute Gasteiger partial charge is 0.375 e. The lowest BCUT2D eigenvalue weighted by atomic mass is 10.1. The zero-order chi connectivity index (χ0) is 19.2. The molecule has 3 N–H and O–H groups in total. The van der Waals surface area contributed by atoms with E-state index in [1.165, 1.54) is 24.0 Å². The van der Waals surface area contributed by atoms with E-state index in [-0.39, 0.29) is 10.8 Å². The van der Waals surface area contributed by atoms with Crippen molar-refractivity contribution in [3.8, 4) is 0 Å². The molecular weight excluding hydrogens is 364 g/mol. The number of hydrogen-bond donors (Lipinski definition) is 2. The van der Waals surface area contributed by atoms with Gasteiger partial charge < -0.3 is 15.5 Å². The molecule has 140 valence electrons. The van der Waals surface area contributed by atoms with Crippen LogP contribution in [0.4, 0.5) is 17.1 Å². The summed E-state index contributed by atoms with van der Waals surface area (Å²) in [5.74, 6) is 0. The number of non-ortho nitro benzene ring substituents is 1. The zero-order valence-corrected chi connectivity index (χ0v) is 15.4. The third-order valence-corrected chi connectivity index (χ3v) is 4.43. The fraction of sp³-hybridized carbons (Fsp3) is 0.222. The van der Waals surface area contributed by atoms with Crippen LogP contribution in [0.5, 0.6) is 0 Å². The summed E-state index contributed by atoms with van der Waals surface area (Å²) in [7, 11) is 0. The van der Waals surface area contributed by atoms with Crippen LogP contribution in [-0.4, -0.2) is 42.4 Å². The van der Waals surface area contributed by atoms with E-state index in [2.05, 4.69) is 32.5 Å². The molecule has 1 saturated heterocycles. The molecule has 0 saturated carbocycles. The molecule has 9 heteroatoms. The van der Waals surface area contributed by atoms with Gasteiger partial charge in [-0.15, -0.1) is 0 Å². The number of nitro groups is 1. The zero-order valence-electron chi connectivity index (χ0n) is 14.6. The number of piperazine rings is 1. The van der Waals surface area contributed by atoms with E-state index in [1.54, 1.807) is 6.07 Å². The van der Waals surface area contributed by atoms with Gasteiger partial charge in [0.2, 0.25) is 0 Å². The third-order valence-electron chi connectivity index (χ3n) is 4.34. The Morgan fingerprint density at radius 2 is 1.81 bits per heavy atom. The van der Waals surface area contributed by atoms with Crippen molar-refractivity contribution in [1.82, 2.24) is 5.43 Å². The first-order valence-electron chi connectivity index (χ1n) is 8.46. The average Bonchev–Trinajstić information content (AvgIpc) is 2.68. The molecule has 1 fully saturated rings. The Kier molecular flexibility index (Phi) is 5.82. The number of nitrogens with zero attached hydrogens (tertiary/aromatic N) is 4. The number of nitro benzene ring substituents is 1. The maximum atomic E-state index is 11.1. The van der Waals surface area contributed by atoms with Crippen LogP contribution in [0.25, 0.3) is 0 Å². The van der Waals surface area contributed by atoms with Crippen LogP contribution in [0.1, 0.15) is 5.56 Å². The molecule has 2 aromatic rings. The lowest BCUT2D eigenvalue weighted by Gasteiger charge is -2.37. The molecule has 0 atom stereocenters. The summed E-state index contributed by atoms with van der Waals surface area (Å²) >= 11 is 4.72. The Balaban J connectivity index is 1.78. The lowest BCUT2D eigenvalue weighted by Crippen LogP contribution is -2.46. The molecule has 0 spiro atoms. The molecule has 0 radical (unpaired) electrons. The maximum Gasteiger partial charge on any atom is 0.270 e. The van der Waals surface area contributed by atoms with Crippen LogP contribution < -0.4 is 21.0 Å². The molecule has 0 aliphatic carbocycles. The Morgan fingerprint density at radius 3 is 2.44 bits per heavy atom. The number of nitrogens with two attached hydrogens (primary N) is 1. The first-order valence-corrected chi connectivity index (χ1v) is 8.87. The fourth-order valence-corrected chi connectivity index (χ4v) is 3.11. The van der Waals surface area contributed by atoms with E-state index < -0.39 is 4.92 Å². The summed E-state index contributed by atoms with van der Waals surface area (Å²) in [6, 6.07) is 15.0. The quantitative estimate of drug-likeness (QED) is 0.352. The molecule has 8 nitrogen and oxygen atoms in total. The summed E-state index contributed by atoms with van der Waals surface area (Å²) in [5.41, 5.74) is 10.6. The second-order valence-electron chi connectivity index (χ2n) is 6.04. The Morgan fingerprint density at radius 1 is 1.15 bits per heavy atom. The molecule has 1 aliphatic rings. The third kappa shape index (κ3) is 4.70. The van der Waals surface area contributed by atoms with Gasteiger partial charge in [-0.2, -0.15) is 5.10 Å². The first-order chi connectivity index (χ1) is 13.0. The molecule has 1 heterocycles. The normalized spacial score (nSPS) is 14.4. The van der Waals surface area contributed by atoms with Crippen molar-refractivity contribution in [2.24, 2.45) is 10.8 Å². The summed E-state index contributed by atoms with van der Waals surface area (Å²) in [6.07, 6.45) is 1.51. The molecule has 3 rings (SSSR count). The van der Waals surface area contributed by atoms with Crippen molar-refractivity contribution in [2.75, 3.05) is 36.0 Å². The van der Waals surface area contributed by atoms with Crippen LogP contribution in [0.3, 0.4) is 0 Å². The predicted molar refractivity (Wildman–Crippen MR) is 111 cm³/mol. The lowest BCUT2D eigenvalue weighted by molar-refractivity contribution is -0.384. The van der Waals surface area contributed by atoms with Gasteiger partial charge in [-0.25, -0.2) is 0 Å². The monoisotopic (exact) mass is 384 g/mol. The second-order valence-corrected chi connectivity index (χ2v) is 6.48. The number of thiocarbonyl (C=S) groups is 1. The van der Waals surface area contributed by atoms with Crippen LogP contribution in [0.2, 0.25) is 0 Å². The highest BCUT2D eigenvalue weighted by Crippen LogP contribution is 2.26. The van der Waals surface area contributed by atoms with E-state index in [9.17, 15) is 10.1 Å². The van der Waals surface area contributed by atoms with E-state index in [1.807, 2.05) is 18.2 Å². The number of hydrogen-bond acceptors (Lipinski definition) is 6. The van der Waals surface area contributed by atoms with Gasteiger partial charge in [-0.3, -0.25) is 15.5 Å². The minimum atomic E-state index is -0.421. The van der Waals surface area contributed by atoms with Crippen LogP contribution in [-0.2, 0) is 0 Å². The summed E-state index contributed by atoms with van der Waals surface area (Å²) in [6.45, 7) is 3.33. The molecule has 0 amide bonds. The molecule has 1 aliphatic heterocycles. The molecular formula is C18H20N6O2S. The standard InChI is InChI=1S/C18H20N6O2S/c19-18(27)21-20-13-14-12-16(24(25)26)6-7-17(14)23-10-8-22(9-11-23)15-4-2-1-3-5-15/h1-7,12-13H,8-11H2,(H3,19,21,27). The van der Waals surface area contributed by atoms with Gasteiger partial charge >= 0.3 is 0 Å². The predicted octanol–water partition coefficient (Wildman–Crippen LogP) is 2.09.